The number of nitrogens with zero attached hydrogens (tertiary/aromatic N) is 3. The van der Waals surface area contributed by atoms with Crippen molar-refractivity contribution in [2.75, 3.05) is 6.54 Å². The molecule has 2 rings (SSSR count). The number of hydrogen-bond acceptors (Lipinski definition) is 3. The van der Waals surface area contributed by atoms with Gasteiger partial charge in [-0.2, -0.15) is 0 Å². The van der Waals surface area contributed by atoms with E-state index in [4.69, 9.17) is 0 Å². The Kier molecular flexibility index (Phi) is 3.09. The summed E-state index contributed by atoms with van der Waals surface area (Å²) in [5.41, 5.74) is 2.31. The van der Waals surface area contributed by atoms with E-state index in [1.165, 1.54) is 5.56 Å². The molecule has 0 fully saturated rings. The summed E-state index contributed by atoms with van der Waals surface area (Å²) in [5.74, 6) is 0. The van der Waals surface area contributed by atoms with E-state index in [9.17, 15) is 0 Å². The number of rotatable bonds is 4. The zero-order chi connectivity index (χ0) is 10.5. The second kappa shape index (κ2) is 4.70. The van der Waals surface area contributed by atoms with Gasteiger partial charge in [-0.25, -0.2) is 4.98 Å². The smallest absolute Gasteiger partial charge is 0.0991 e. The molecule has 0 radical (unpaired) electrons. The molecule has 2 aromatic heterocycles. The summed E-state index contributed by atoms with van der Waals surface area (Å²) in [6, 6.07) is 1.99. The molecule has 0 aromatic carbocycles. The summed E-state index contributed by atoms with van der Waals surface area (Å²) in [4.78, 5) is 8.18. The quantitative estimate of drug-likeness (QED) is 0.814. The van der Waals surface area contributed by atoms with E-state index >= 15 is 0 Å². The highest BCUT2D eigenvalue weighted by Crippen LogP contribution is 2.11. The molecule has 0 amide bonds. The van der Waals surface area contributed by atoms with Crippen LogP contribution in [0.3, 0.4) is 0 Å². The Morgan fingerprint density at radius 3 is 3.00 bits per heavy atom. The Labute approximate surface area is 89.0 Å². The third-order valence-electron chi connectivity index (χ3n) is 2.23. The van der Waals surface area contributed by atoms with Gasteiger partial charge in [-0.15, -0.1) is 0 Å². The van der Waals surface area contributed by atoms with E-state index in [2.05, 4.69) is 22.2 Å². The second-order valence-corrected chi connectivity index (χ2v) is 3.25. The summed E-state index contributed by atoms with van der Waals surface area (Å²) < 4.78 is 1.99. The van der Waals surface area contributed by atoms with Crippen LogP contribution in [0, 0.1) is 0 Å². The molecule has 0 atom stereocenters. The molecular weight excluding hydrogens is 188 g/mol. The van der Waals surface area contributed by atoms with Gasteiger partial charge in [0.25, 0.3) is 0 Å². The largest absolute Gasteiger partial charge is 0.313 e. The maximum atomic E-state index is 4.13. The Hall–Kier alpha value is -1.68. The van der Waals surface area contributed by atoms with Crippen molar-refractivity contribution in [3.63, 3.8) is 0 Å². The van der Waals surface area contributed by atoms with Gasteiger partial charge in [0.2, 0.25) is 0 Å². The molecule has 0 unspecified atom stereocenters. The fourth-order valence-corrected chi connectivity index (χ4v) is 1.47. The molecule has 4 heteroatoms. The number of nitrogens with one attached hydrogen (secondary N) is 1. The van der Waals surface area contributed by atoms with Gasteiger partial charge < -0.3 is 9.88 Å². The normalized spacial score (nSPS) is 10.5. The van der Waals surface area contributed by atoms with Crippen molar-refractivity contribution in [3.05, 3.63) is 42.7 Å². The number of aromatic nitrogens is 3. The predicted octanol–water partition coefficient (Wildman–Crippen LogP) is 1.38. The highest BCUT2D eigenvalue weighted by atomic mass is 15.0. The van der Waals surface area contributed by atoms with Crippen LogP contribution >= 0.6 is 0 Å². The summed E-state index contributed by atoms with van der Waals surface area (Å²) >= 11 is 0. The van der Waals surface area contributed by atoms with Gasteiger partial charge in [-0.1, -0.05) is 6.92 Å². The Bertz CT molecular complexity index is 408. The summed E-state index contributed by atoms with van der Waals surface area (Å²) in [7, 11) is 0. The molecular formula is C11H14N4. The van der Waals surface area contributed by atoms with Crippen molar-refractivity contribution in [1.29, 1.82) is 0 Å². The Balaban J connectivity index is 2.30. The van der Waals surface area contributed by atoms with Gasteiger partial charge in [0, 0.05) is 36.9 Å². The number of imidazole rings is 1. The SMILES string of the molecule is CCNCc1cnccc1-n1ccnc1. The first-order valence-corrected chi connectivity index (χ1v) is 5.03. The lowest BCUT2D eigenvalue weighted by atomic mass is 10.2. The van der Waals surface area contributed by atoms with Gasteiger partial charge in [0.05, 0.1) is 12.0 Å². The minimum absolute atomic E-state index is 0.831. The summed E-state index contributed by atoms with van der Waals surface area (Å²) in [6.07, 6.45) is 9.19. The van der Waals surface area contributed by atoms with Crippen LogP contribution in [0.15, 0.2) is 37.2 Å². The fourth-order valence-electron chi connectivity index (χ4n) is 1.47. The predicted molar refractivity (Wildman–Crippen MR) is 58.7 cm³/mol. The van der Waals surface area contributed by atoms with Crippen LogP contribution in [0.5, 0.6) is 0 Å². The van der Waals surface area contributed by atoms with E-state index in [0.29, 0.717) is 0 Å². The van der Waals surface area contributed by atoms with E-state index in [0.717, 1.165) is 18.8 Å². The first-order chi connectivity index (χ1) is 7.42. The molecule has 2 aromatic rings. The molecule has 0 spiro atoms. The summed E-state index contributed by atoms with van der Waals surface area (Å²) in [6.45, 7) is 3.88. The van der Waals surface area contributed by atoms with Gasteiger partial charge >= 0.3 is 0 Å². The standard InChI is InChI=1S/C11H14N4/c1-2-12-7-10-8-13-4-3-11(10)15-6-5-14-9-15/h3-6,8-9,12H,2,7H2,1H3. The van der Waals surface area contributed by atoms with E-state index in [1.54, 1.807) is 18.7 Å². The van der Waals surface area contributed by atoms with Crippen LogP contribution in [0.25, 0.3) is 5.69 Å². The minimum Gasteiger partial charge on any atom is -0.313 e. The molecule has 4 nitrogen and oxygen atoms in total. The maximum absolute atomic E-state index is 4.13. The molecule has 0 aliphatic carbocycles. The van der Waals surface area contributed by atoms with E-state index in [1.807, 2.05) is 23.0 Å². The van der Waals surface area contributed by atoms with Crippen LogP contribution in [-0.4, -0.2) is 21.1 Å². The van der Waals surface area contributed by atoms with Crippen molar-refractivity contribution < 1.29 is 0 Å². The molecule has 0 bridgehead atoms. The van der Waals surface area contributed by atoms with Gasteiger partial charge in [0.1, 0.15) is 0 Å². The first-order valence-electron chi connectivity index (χ1n) is 5.03. The molecule has 1 N–H and O–H groups in total. The van der Waals surface area contributed by atoms with Crippen molar-refractivity contribution in [1.82, 2.24) is 19.9 Å². The number of pyridine rings is 1. The lowest BCUT2D eigenvalue weighted by molar-refractivity contribution is 0.719. The third-order valence-corrected chi connectivity index (χ3v) is 2.23. The van der Waals surface area contributed by atoms with Crippen LogP contribution in [0.1, 0.15) is 12.5 Å². The van der Waals surface area contributed by atoms with Crippen molar-refractivity contribution in [2.45, 2.75) is 13.5 Å². The highest BCUT2D eigenvalue weighted by Gasteiger charge is 2.02. The van der Waals surface area contributed by atoms with Crippen molar-refractivity contribution in [2.24, 2.45) is 0 Å². The summed E-state index contributed by atoms with van der Waals surface area (Å²) in [5, 5.41) is 3.29. The first kappa shape index (κ1) is 9.86. The van der Waals surface area contributed by atoms with Gasteiger partial charge in [-0.3, -0.25) is 4.98 Å². The molecule has 78 valence electrons. The fraction of sp³-hybridized carbons (Fsp3) is 0.273. The van der Waals surface area contributed by atoms with Crippen LogP contribution in [0.2, 0.25) is 0 Å². The lowest BCUT2D eigenvalue weighted by Gasteiger charge is -2.09. The maximum Gasteiger partial charge on any atom is 0.0991 e. The lowest BCUT2D eigenvalue weighted by Crippen LogP contribution is -2.13. The van der Waals surface area contributed by atoms with Crippen LogP contribution in [0.4, 0.5) is 0 Å². The molecule has 0 saturated heterocycles. The third kappa shape index (κ3) is 2.22. The van der Waals surface area contributed by atoms with Crippen LogP contribution < -0.4 is 5.32 Å². The van der Waals surface area contributed by atoms with Crippen molar-refractivity contribution >= 4 is 0 Å². The average molecular weight is 202 g/mol. The topological polar surface area (TPSA) is 42.7 Å². The highest BCUT2D eigenvalue weighted by molar-refractivity contribution is 5.38. The average Bonchev–Trinajstić information content (AvgIpc) is 2.80. The van der Waals surface area contributed by atoms with E-state index in [-0.39, 0.29) is 0 Å². The molecule has 2 heterocycles. The second-order valence-electron chi connectivity index (χ2n) is 3.25. The zero-order valence-corrected chi connectivity index (χ0v) is 8.72. The van der Waals surface area contributed by atoms with Crippen molar-refractivity contribution in [3.8, 4) is 5.69 Å². The number of hydrogen-bond donors (Lipinski definition) is 1. The minimum atomic E-state index is 0.831. The van der Waals surface area contributed by atoms with E-state index < -0.39 is 0 Å². The van der Waals surface area contributed by atoms with Gasteiger partial charge in [0.15, 0.2) is 0 Å². The monoisotopic (exact) mass is 202 g/mol. The molecule has 0 aliphatic rings. The zero-order valence-electron chi connectivity index (χ0n) is 8.72. The molecule has 0 saturated carbocycles. The van der Waals surface area contributed by atoms with Crippen LogP contribution in [-0.2, 0) is 6.54 Å². The molecule has 15 heavy (non-hydrogen) atoms. The molecule has 0 aliphatic heterocycles. The Morgan fingerprint density at radius 1 is 1.33 bits per heavy atom. The Morgan fingerprint density at radius 2 is 2.27 bits per heavy atom. The van der Waals surface area contributed by atoms with Gasteiger partial charge in [-0.05, 0) is 12.6 Å².